The van der Waals surface area contributed by atoms with Crippen molar-refractivity contribution in [3.05, 3.63) is 53.4 Å². The highest BCUT2D eigenvalue weighted by molar-refractivity contribution is 7.07. The highest BCUT2D eigenvalue weighted by atomic mass is 35.5. The maximum atomic E-state index is 12.4. The molecule has 1 heterocycles. The number of rotatable bonds is 2. The highest BCUT2D eigenvalue weighted by Gasteiger charge is 2.08. The first-order valence-electron chi connectivity index (χ1n) is 6.22. The molecular weight excluding hydrogens is 341 g/mol. The lowest BCUT2D eigenvalue weighted by Crippen LogP contribution is -2.31. The van der Waals surface area contributed by atoms with E-state index in [1.807, 2.05) is 12.1 Å². The van der Waals surface area contributed by atoms with Gasteiger partial charge in [-0.1, -0.05) is 29.3 Å². The lowest BCUT2D eigenvalue weighted by Gasteiger charge is -1.96. The van der Waals surface area contributed by atoms with E-state index in [-0.39, 0.29) is 11.1 Å². The van der Waals surface area contributed by atoms with E-state index in [0.29, 0.717) is 25.8 Å². The summed E-state index contributed by atoms with van der Waals surface area (Å²) in [6, 6.07) is 8.67. The maximum absolute atomic E-state index is 12.4. The molecule has 4 nitrogen and oxygen atoms in total. The van der Waals surface area contributed by atoms with Crippen molar-refractivity contribution in [2.45, 2.75) is 13.5 Å². The van der Waals surface area contributed by atoms with Gasteiger partial charge in [0.1, 0.15) is 16.8 Å². The van der Waals surface area contributed by atoms with Crippen molar-refractivity contribution in [1.82, 2.24) is 4.57 Å². The van der Waals surface area contributed by atoms with Crippen LogP contribution in [0.25, 0.3) is 11.6 Å². The van der Waals surface area contributed by atoms with Crippen LogP contribution in [0.5, 0.6) is 0 Å². The molecule has 0 saturated carbocycles. The molecule has 0 saturated heterocycles. The lowest BCUT2D eigenvalue weighted by atomic mass is 10.2. The van der Waals surface area contributed by atoms with Gasteiger partial charge < -0.3 is 0 Å². The van der Waals surface area contributed by atoms with Crippen LogP contribution in [0.3, 0.4) is 0 Å². The van der Waals surface area contributed by atoms with Crippen LogP contribution in [0.15, 0.2) is 23.0 Å². The zero-order valence-corrected chi connectivity index (χ0v) is 13.8. The van der Waals surface area contributed by atoms with Crippen molar-refractivity contribution in [3.8, 4) is 12.1 Å². The van der Waals surface area contributed by atoms with Crippen molar-refractivity contribution >= 4 is 46.2 Å². The lowest BCUT2D eigenvalue weighted by molar-refractivity contribution is 0.722. The summed E-state index contributed by atoms with van der Waals surface area (Å²) in [5.41, 5.74) is 0.410. The molecule has 22 heavy (non-hydrogen) atoms. The molecule has 0 atom stereocenters. The summed E-state index contributed by atoms with van der Waals surface area (Å²) < 4.78 is 2.21. The van der Waals surface area contributed by atoms with Crippen molar-refractivity contribution in [2.24, 2.45) is 0 Å². The van der Waals surface area contributed by atoms with E-state index < -0.39 is 0 Å². The minimum atomic E-state index is -0.239. The van der Waals surface area contributed by atoms with Crippen molar-refractivity contribution < 1.29 is 0 Å². The number of benzene rings is 1. The van der Waals surface area contributed by atoms with Crippen LogP contribution < -0.4 is 14.8 Å². The van der Waals surface area contributed by atoms with Gasteiger partial charge in [-0.3, -0.25) is 9.36 Å². The Morgan fingerprint density at radius 2 is 2.00 bits per heavy atom. The molecule has 0 bridgehead atoms. The van der Waals surface area contributed by atoms with Gasteiger partial charge in [0, 0.05) is 6.54 Å². The minimum Gasteiger partial charge on any atom is -0.298 e. The smallest absolute Gasteiger partial charge is 0.269 e. The summed E-state index contributed by atoms with van der Waals surface area (Å²) in [5, 5.41) is 18.8. The molecule has 0 fully saturated rings. The van der Waals surface area contributed by atoms with Crippen molar-refractivity contribution in [3.63, 3.8) is 0 Å². The molecule has 0 aliphatic carbocycles. The van der Waals surface area contributed by atoms with Crippen LogP contribution in [0.4, 0.5) is 0 Å². The second kappa shape index (κ2) is 6.81. The average Bonchev–Trinajstić information content (AvgIpc) is 2.81. The van der Waals surface area contributed by atoms with Crippen LogP contribution in [0.1, 0.15) is 12.5 Å². The Kier molecular flexibility index (Phi) is 5.05. The molecule has 1 aromatic heterocycles. The molecule has 0 radical (unpaired) electrons. The van der Waals surface area contributed by atoms with Crippen LogP contribution >= 0.6 is 34.5 Å². The third kappa shape index (κ3) is 3.08. The average molecular weight is 350 g/mol. The minimum absolute atomic E-state index is 0.0715. The summed E-state index contributed by atoms with van der Waals surface area (Å²) in [6.07, 6.45) is 1.66. The molecule has 0 spiro atoms. The molecule has 0 unspecified atom stereocenters. The Morgan fingerprint density at radius 3 is 2.55 bits per heavy atom. The van der Waals surface area contributed by atoms with Gasteiger partial charge in [0.25, 0.3) is 5.56 Å². The fraction of sp³-hybridized carbons (Fsp3) is 0.133. The van der Waals surface area contributed by atoms with Crippen molar-refractivity contribution in [2.75, 3.05) is 0 Å². The third-order valence-corrected chi connectivity index (χ3v) is 4.77. The number of aromatic nitrogens is 1. The zero-order chi connectivity index (χ0) is 16.3. The molecule has 0 aliphatic heterocycles. The zero-order valence-electron chi connectivity index (χ0n) is 11.4. The second-order valence-electron chi connectivity index (χ2n) is 4.24. The van der Waals surface area contributed by atoms with Crippen LogP contribution in [-0.2, 0) is 6.54 Å². The maximum Gasteiger partial charge on any atom is 0.269 e. The molecule has 0 N–H and O–H groups in total. The molecule has 2 aromatic rings. The summed E-state index contributed by atoms with van der Waals surface area (Å²) in [4.78, 5) is 12.4. The van der Waals surface area contributed by atoms with Gasteiger partial charge in [-0.05, 0) is 30.7 Å². The van der Waals surface area contributed by atoms with Crippen LogP contribution in [0, 0.1) is 22.7 Å². The Morgan fingerprint density at radius 1 is 1.32 bits per heavy atom. The van der Waals surface area contributed by atoms with Crippen molar-refractivity contribution in [1.29, 1.82) is 10.5 Å². The van der Waals surface area contributed by atoms with E-state index in [0.717, 1.165) is 16.9 Å². The number of thiazole rings is 1. The fourth-order valence-electron chi connectivity index (χ4n) is 1.87. The predicted octanol–water partition coefficient (Wildman–Crippen LogP) is 2.26. The monoisotopic (exact) mass is 349 g/mol. The Labute approximate surface area is 140 Å². The third-order valence-electron chi connectivity index (χ3n) is 2.90. The molecular formula is C15H9Cl2N3OS. The first-order valence-corrected chi connectivity index (χ1v) is 7.80. The predicted molar refractivity (Wildman–Crippen MR) is 88.2 cm³/mol. The summed E-state index contributed by atoms with van der Waals surface area (Å²) >= 11 is 12.9. The SMILES string of the molecule is CCn1c(=C(C#N)C#N)s/c(=C/c2ccc(Cl)c(Cl)c2)c1=O. The van der Waals surface area contributed by atoms with Gasteiger partial charge >= 0.3 is 0 Å². The number of hydrogen-bond acceptors (Lipinski definition) is 4. The summed E-state index contributed by atoms with van der Waals surface area (Å²) in [7, 11) is 0. The topological polar surface area (TPSA) is 69.6 Å². The largest absolute Gasteiger partial charge is 0.298 e. The molecule has 7 heteroatoms. The summed E-state index contributed by atoms with van der Waals surface area (Å²) in [6.45, 7) is 2.17. The molecule has 1 aromatic carbocycles. The second-order valence-corrected chi connectivity index (χ2v) is 6.08. The van der Waals surface area contributed by atoms with Gasteiger partial charge in [0.15, 0.2) is 5.57 Å². The van der Waals surface area contributed by atoms with E-state index in [4.69, 9.17) is 33.7 Å². The Hall–Kier alpha value is -2.05. The van der Waals surface area contributed by atoms with E-state index in [9.17, 15) is 4.79 Å². The number of halogens is 2. The van der Waals surface area contributed by atoms with Gasteiger partial charge in [-0.15, -0.1) is 11.3 Å². The van der Waals surface area contributed by atoms with Gasteiger partial charge in [0.05, 0.1) is 14.6 Å². The number of hydrogen-bond donors (Lipinski definition) is 0. The van der Waals surface area contributed by atoms with E-state index in [1.54, 1.807) is 31.2 Å². The van der Waals surface area contributed by atoms with E-state index in [2.05, 4.69) is 0 Å². The quantitative estimate of drug-likeness (QED) is 0.834. The van der Waals surface area contributed by atoms with Gasteiger partial charge in [0.2, 0.25) is 0 Å². The molecule has 0 amide bonds. The molecule has 2 rings (SSSR count). The highest BCUT2D eigenvalue weighted by Crippen LogP contribution is 2.22. The van der Waals surface area contributed by atoms with Crippen LogP contribution in [-0.4, -0.2) is 4.57 Å². The number of nitriles is 2. The summed E-state index contributed by atoms with van der Waals surface area (Å²) in [5.74, 6) is 0. The van der Waals surface area contributed by atoms with Gasteiger partial charge in [-0.2, -0.15) is 10.5 Å². The molecule has 0 aliphatic rings. The first-order chi connectivity index (χ1) is 10.5. The number of nitrogens with zero attached hydrogens (tertiary/aromatic N) is 3. The normalized spacial score (nSPS) is 11.0. The Balaban J connectivity index is 2.79. The standard InChI is InChI=1S/C15H9Cl2N3OS/c1-2-20-14(21)13(22-15(20)10(7-18)8-19)6-9-3-4-11(16)12(17)5-9/h3-6H,2H2,1H3/b13-6+. The first kappa shape index (κ1) is 16.3. The Bertz CT molecular complexity index is 974. The van der Waals surface area contributed by atoms with Crippen LogP contribution in [0.2, 0.25) is 10.0 Å². The van der Waals surface area contributed by atoms with E-state index >= 15 is 0 Å². The van der Waals surface area contributed by atoms with E-state index in [1.165, 1.54) is 4.57 Å². The van der Waals surface area contributed by atoms with Gasteiger partial charge in [-0.25, -0.2) is 0 Å². The molecule has 110 valence electrons. The fourth-order valence-corrected chi connectivity index (χ4v) is 3.29.